The highest BCUT2D eigenvalue weighted by atomic mass is 35.5. The SMILES string of the molecule is O=C(Nc1ccc(CCF)cc1)c1cc([N+](=O)[O-])ccc1Cl. The second-order valence-corrected chi connectivity index (χ2v) is 4.92. The lowest BCUT2D eigenvalue weighted by molar-refractivity contribution is -0.384. The van der Waals surface area contributed by atoms with Gasteiger partial charge in [0.1, 0.15) is 0 Å². The zero-order valence-electron chi connectivity index (χ0n) is 11.4. The smallest absolute Gasteiger partial charge is 0.270 e. The molecule has 0 unspecified atom stereocenters. The second-order valence-electron chi connectivity index (χ2n) is 4.51. The molecule has 7 heteroatoms. The van der Waals surface area contributed by atoms with Crippen LogP contribution in [0.15, 0.2) is 42.5 Å². The van der Waals surface area contributed by atoms with Gasteiger partial charge in [-0.15, -0.1) is 0 Å². The van der Waals surface area contributed by atoms with Crippen LogP contribution in [0.5, 0.6) is 0 Å². The van der Waals surface area contributed by atoms with Crippen molar-refractivity contribution in [3.63, 3.8) is 0 Å². The van der Waals surface area contributed by atoms with E-state index in [4.69, 9.17) is 11.6 Å². The number of non-ortho nitro benzene ring substituents is 1. The molecule has 114 valence electrons. The van der Waals surface area contributed by atoms with Crippen molar-refractivity contribution in [1.29, 1.82) is 0 Å². The number of rotatable bonds is 5. The van der Waals surface area contributed by atoms with Gasteiger partial charge in [0, 0.05) is 24.2 Å². The van der Waals surface area contributed by atoms with Gasteiger partial charge in [0.2, 0.25) is 0 Å². The third-order valence-corrected chi connectivity index (χ3v) is 3.33. The Morgan fingerprint density at radius 1 is 1.23 bits per heavy atom. The van der Waals surface area contributed by atoms with Gasteiger partial charge in [-0.1, -0.05) is 23.7 Å². The zero-order chi connectivity index (χ0) is 16.1. The second kappa shape index (κ2) is 7.00. The number of nitro groups is 1. The Morgan fingerprint density at radius 2 is 1.91 bits per heavy atom. The van der Waals surface area contributed by atoms with Gasteiger partial charge in [-0.25, -0.2) is 0 Å². The monoisotopic (exact) mass is 322 g/mol. The Balaban J connectivity index is 2.18. The molecule has 2 rings (SSSR count). The third kappa shape index (κ3) is 3.79. The molecule has 0 aliphatic carbocycles. The maximum atomic E-state index is 12.2. The summed E-state index contributed by atoms with van der Waals surface area (Å²) in [6.45, 7) is -0.449. The van der Waals surface area contributed by atoms with Crippen molar-refractivity contribution >= 4 is 28.9 Å². The molecule has 0 aromatic heterocycles. The summed E-state index contributed by atoms with van der Waals surface area (Å²) in [5, 5.41) is 13.5. The molecule has 0 bridgehead atoms. The van der Waals surface area contributed by atoms with E-state index in [1.807, 2.05) is 0 Å². The minimum absolute atomic E-state index is 0.0173. The Labute approximate surface area is 130 Å². The molecule has 5 nitrogen and oxygen atoms in total. The first-order valence-corrected chi connectivity index (χ1v) is 6.79. The molecule has 0 spiro atoms. The van der Waals surface area contributed by atoms with Gasteiger partial charge in [-0.2, -0.15) is 0 Å². The molecule has 0 radical (unpaired) electrons. The number of anilines is 1. The fraction of sp³-hybridized carbons (Fsp3) is 0.133. The first-order chi connectivity index (χ1) is 10.5. The molecule has 0 aliphatic heterocycles. The predicted molar refractivity (Wildman–Crippen MR) is 82.2 cm³/mol. The molecule has 0 fully saturated rings. The van der Waals surface area contributed by atoms with Crippen LogP contribution in [0.3, 0.4) is 0 Å². The van der Waals surface area contributed by atoms with Crippen LogP contribution in [0.2, 0.25) is 5.02 Å². The molecular formula is C15H12ClFN2O3. The lowest BCUT2D eigenvalue weighted by atomic mass is 10.1. The lowest BCUT2D eigenvalue weighted by Gasteiger charge is -2.07. The van der Waals surface area contributed by atoms with Crippen molar-refractivity contribution in [2.24, 2.45) is 0 Å². The summed E-state index contributed by atoms with van der Waals surface area (Å²) in [6, 6.07) is 10.3. The predicted octanol–water partition coefficient (Wildman–Crippen LogP) is 4.01. The molecule has 22 heavy (non-hydrogen) atoms. The van der Waals surface area contributed by atoms with Crippen molar-refractivity contribution in [2.75, 3.05) is 12.0 Å². The number of hydrogen-bond acceptors (Lipinski definition) is 3. The molecule has 1 amide bonds. The summed E-state index contributed by atoms with van der Waals surface area (Å²) in [5.74, 6) is -0.549. The van der Waals surface area contributed by atoms with Crippen LogP contribution < -0.4 is 5.32 Å². The van der Waals surface area contributed by atoms with Crippen LogP contribution in [-0.4, -0.2) is 17.5 Å². The normalized spacial score (nSPS) is 10.3. The number of halogens is 2. The number of amides is 1. The minimum Gasteiger partial charge on any atom is -0.322 e. The van der Waals surface area contributed by atoms with E-state index < -0.39 is 17.5 Å². The Bertz CT molecular complexity index is 704. The summed E-state index contributed by atoms with van der Waals surface area (Å²) >= 11 is 5.90. The molecule has 0 atom stereocenters. The Hall–Kier alpha value is -2.47. The van der Waals surface area contributed by atoms with E-state index >= 15 is 0 Å². The van der Waals surface area contributed by atoms with Crippen molar-refractivity contribution in [3.8, 4) is 0 Å². The van der Waals surface area contributed by atoms with Crippen LogP contribution in [0.1, 0.15) is 15.9 Å². The minimum atomic E-state index is -0.598. The van der Waals surface area contributed by atoms with E-state index in [9.17, 15) is 19.3 Å². The average molecular weight is 323 g/mol. The molecule has 0 heterocycles. The van der Waals surface area contributed by atoms with E-state index in [1.165, 1.54) is 12.1 Å². The maximum Gasteiger partial charge on any atom is 0.270 e. The number of nitro benzene ring substituents is 1. The van der Waals surface area contributed by atoms with Crippen molar-refractivity contribution in [3.05, 3.63) is 68.7 Å². The molecular weight excluding hydrogens is 311 g/mol. The van der Waals surface area contributed by atoms with Gasteiger partial charge in [-0.05, 0) is 23.8 Å². The number of hydrogen-bond donors (Lipinski definition) is 1. The van der Waals surface area contributed by atoms with Gasteiger partial charge in [0.15, 0.2) is 0 Å². The van der Waals surface area contributed by atoms with E-state index in [1.54, 1.807) is 24.3 Å². The fourth-order valence-electron chi connectivity index (χ4n) is 1.86. The number of benzene rings is 2. The van der Waals surface area contributed by atoms with Crippen LogP contribution >= 0.6 is 11.6 Å². The molecule has 0 saturated heterocycles. The summed E-state index contributed by atoms with van der Waals surface area (Å²) in [5.41, 5.74) is 1.11. The third-order valence-electron chi connectivity index (χ3n) is 3.00. The average Bonchev–Trinajstić information content (AvgIpc) is 2.49. The quantitative estimate of drug-likeness (QED) is 0.667. The molecule has 0 saturated carbocycles. The summed E-state index contributed by atoms with van der Waals surface area (Å²) < 4.78 is 12.2. The largest absolute Gasteiger partial charge is 0.322 e. The van der Waals surface area contributed by atoms with Crippen molar-refractivity contribution < 1.29 is 14.1 Å². The van der Waals surface area contributed by atoms with Crippen LogP contribution in [0, 0.1) is 10.1 Å². The van der Waals surface area contributed by atoms with E-state index in [0.717, 1.165) is 11.6 Å². The topological polar surface area (TPSA) is 72.2 Å². The highest BCUT2D eigenvalue weighted by molar-refractivity contribution is 6.34. The molecule has 0 aliphatic rings. The summed E-state index contributed by atoms with van der Waals surface area (Å²) in [4.78, 5) is 22.3. The fourth-order valence-corrected chi connectivity index (χ4v) is 2.07. The number of nitrogens with one attached hydrogen (secondary N) is 1. The van der Waals surface area contributed by atoms with Crippen LogP contribution in [0.4, 0.5) is 15.8 Å². The number of alkyl halides is 1. The Kier molecular flexibility index (Phi) is 5.06. The van der Waals surface area contributed by atoms with Gasteiger partial charge in [0.25, 0.3) is 11.6 Å². The standard InChI is InChI=1S/C15H12ClFN2O3/c16-14-6-5-12(19(21)22)9-13(14)15(20)18-11-3-1-10(2-4-11)7-8-17/h1-6,9H,7-8H2,(H,18,20). The summed E-state index contributed by atoms with van der Waals surface area (Å²) in [7, 11) is 0. The number of carbonyl (C=O) groups excluding carboxylic acids is 1. The molecule has 2 aromatic rings. The van der Waals surface area contributed by atoms with Crippen LogP contribution in [0.25, 0.3) is 0 Å². The molecule has 1 N–H and O–H groups in total. The van der Waals surface area contributed by atoms with Crippen LogP contribution in [-0.2, 0) is 6.42 Å². The van der Waals surface area contributed by atoms with Gasteiger partial charge in [-0.3, -0.25) is 19.3 Å². The van der Waals surface area contributed by atoms with E-state index in [2.05, 4.69) is 5.32 Å². The van der Waals surface area contributed by atoms with Gasteiger partial charge in [0.05, 0.1) is 22.2 Å². The first kappa shape index (κ1) is 15.9. The molecule has 2 aromatic carbocycles. The van der Waals surface area contributed by atoms with E-state index in [-0.39, 0.29) is 16.3 Å². The van der Waals surface area contributed by atoms with Crippen molar-refractivity contribution in [1.82, 2.24) is 0 Å². The van der Waals surface area contributed by atoms with Crippen molar-refractivity contribution in [2.45, 2.75) is 6.42 Å². The summed E-state index contributed by atoms with van der Waals surface area (Å²) in [6.07, 6.45) is 0.310. The highest BCUT2D eigenvalue weighted by Gasteiger charge is 2.16. The number of carbonyl (C=O) groups is 1. The number of aryl methyl sites for hydroxylation is 1. The van der Waals surface area contributed by atoms with Gasteiger partial charge >= 0.3 is 0 Å². The highest BCUT2D eigenvalue weighted by Crippen LogP contribution is 2.23. The van der Waals surface area contributed by atoms with Gasteiger partial charge < -0.3 is 5.32 Å². The maximum absolute atomic E-state index is 12.2. The number of nitrogens with zero attached hydrogens (tertiary/aromatic N) is 1. The lowest BCUT2D eigenvalue weighted by Crippen LogP contribution is -2.12. The first-order valence-electron chi connectivity index (χ1n) is 6.41. The van der Waals surface area contributed by atoms with E-state index in [0.29, 0.717) is 12.1 Å². The Morgan fingerprint density at radius 3 is 2.50 bits per heavy atom. The zero-order valence-corrected chi connectivity index (χ0v) is 12.1.